The Morgan fingerprint density at radius 1 is 1.00 bits per heavy atom. The van der Waals surface area contributed by atoms with Crippen molar-refractivity contribution in [2.75, 3.05) is 0 Å². The molecule has 0 nitrogen and oxygen atoms in total. The molecule has 0 spiro atoms. The Balaban J connectivity index is 3.32. The third-order valence-electron chi connectivity index (χ3n) is 3.61. The van der Waals surface area contributed by atoms with Gasteiger partial charge in [-0.1, -0.05) is 61.8 Å². The summed E-state index contributed by atoms with van der Waals surface area (Å²) >= 11 is 3.95. The molecule has 1 aromatic carbocycles. The summed E-state index contributed by atoms with van der Waals surface area (Å²) in [6.45, 7) is 9.02. The van der Waals surface area contributed by atoms with Gasteiger partial charge in [-0.2, -0.15) is 0 Å². The molecule has 0 aliphatic rings. The first-order chi connectivity index (χ1) is 7.62. The van der Waals surface area contributed by atoms with Crippen LogP contribution in [0.15, 0.2) is 18.2 Å². The monoisotopic (exact) mass is 282 g/mol. The van der Waals surface area contributed by atoms with Gasteiger partial charge in [0, 0.05) is 0 Å². The molecular weight excluding hydrogens is 260 g/mol. The molecule has 0 N–H and O–H groups in total. The lowest BCUT2D eigenvalue weighted by molar-refractivity contribution is 0.587. The SMILES string of the molecule is CCc1cccc(C(Br)(CC)CC)c1CC. The summed E-state index contributed by atoms with van der Waals surface area (Å²) in [5.41, 5.74) is 4.55. The number of benzene rings is 1. The third-order valence-corrected chi connectivity index (χ3v) is 5.16. The highest BCUT2D eigenvalue weighted by Gasteiger charge is 2.27. The minimum absolute atomic E-state index is 0.170. The molecule has 0 atom stereocenters. The summed E-state index contributed by atoms with van der Waals surface area (Å²) in [5.74, 6) is 0. The van der Waals surface area contributed by atoms with Crippen LogP contribution in [0.4, 0.5) is 0 Å². The molecule has 1 rings (SSSR count). The fraction of sp³-hybridized carbons (Fsp3) is 0.600. The van der Waals surface area contributed by atoms with Gasteiger partial charge in [0.2, 0.25) is 0 Å². The molecule has 0 fully saturated rings. The van der Waals surface area contributed by atoms with E-state index < -0.39 is 0 Å². The standard InChI is InChI=1S/C15H23Br/c1-5-12-10-9-11-14(13(12)6-2)15(16,7-3)8-4/h9-11H,5-8H2,1-4H3. The van der Waals surface area contributed by atoms with E-state index in [1.165, 1.54) is 11.1 Å². The molecular formula is C15H23Br. The molecule has 1 aromatic rings. The maximum absolute atomic E-state index is 3.95. The fourth-order valence-corrected chi connectivity index (χ4v) is 2.81. The fourth-order valence-electron chi connectivity index (χ4n) is 2.43. The number of rotatable bonds is 5. The second kappa shape index (κ2) is 5.86. The van der Waals surface area contributed by atoms with E-state index in [1.807, 2.05) is 0 Å². The van der Waals surface area contributed by atoms with Crippen LogP contribution in [0.25, 0.3) is 0 Å². The highest BCUT2D eigenvalue weighted by atomic mass is 79.9. The number of hydrogen-bond donors (Lipinski definition) is 0. The lowest BCUT2D eigenvalue weighted by atomic mass is 9.86. The van der Waals surface area contributed by atoms with E-state index in [0.717, 1.165) is 25.7 Å². The first-order valence-electron chi connectivity index (χ1n) is 6.43. The van der Waals surface area contributed by atoms with Gasteiger partial charge in [0.05, 0.1) is 4.32 Å². The van der Waals surface area contributed by atoms with Crippen molar-refractivity contribution in [3.63, 3.8) is 0 Å². The Kier molecular flexibility index (Phi) is 5.04. The van der Waals surface area contributed by atoms with Crippen molar-refractivity contribution < 1.29 is 0 Å². The maximum Gasteiger partial charge on any atom is 0.0503 e. The summed E-state index contributed by atoms with van der Waals surface area (Å²) in [5, 5.41) is 0. The molecule has 0 heterocycles. The third kappa shape index (κ3) is 2.51. The quantitative estimate of drug-likeness (QED) is 0.650. The summed E-state index contributed by atoms with van der Waals surface area (Å²) in [6, 6.07) is 6.76. The summed E-state index contributed by atoms with van der Waals surface area (Å²) in [7, 11) is 0. The molecule has 0 unspecified atom stereocenters. The van der Waals surface area contributed by atoms with Crippen LogP contribution in [0, 0.1) is 0 Å². The number of alkyl halides is 1. The van der Waals surface area contributed by atoms with Gasteiger partial charge in [-0.05, 0) is 42.4 Å². The first-order valence-corrected chi connectivity index (χ1v) is 7.22. The van der Waals surface area contributed by atoms with Crippen molar-refractivity contribution in [1.82, 2.24) is 0 Å². The average Bonchev–Trinajstić information content (AvgIpc) is 2.36. The van der Waals surface area contributed by atoms with Crippen LogP contribution in [-0.2, 0) is 17.2 Å². The van der Waals surface area contributed by atoms with Gasteiger partial charge in [-0.25, -0.2) is 0 Å². The summed E-state index contributed by atoms with van der Waals surface area (Å²) < 4.78 is 0.170. The zero-order valence-corrected chi connectivity index (χ0v) is 12.5. The molecule has 0 aliphatic carbocycles. The molecule has 0 saturated heterocycles. The molecule has 0 saturated carbocycles. The van der Waals surface area contributed by atoms with Crippen LogP contribution in [0.1, 0.15) is 57.2 Å². The van der Waals surface area contributed by atoms with Gasteiger partial charge in [0.15, 0.2) is 0 Å². The van der Waals surface area contributed by atoms with Crippen LogP contribution in [0.5, 0.6) is 0 Å². The predicted molar refractivity (Wildman–Crippen MR) is 76.4 cm³/mol. The molecule has 90 valence electrons. The summed E-state index contributed by atoms with van der Waals surface area (Å²) in [4.78, 5) is 0. The van der Waals surface area contributed by atoms with E-state index >= 15 is 0 Å². The van der Waals surface area contributed by atoms with Gasteiger partial charge in [-0.15, -0.1) is 0 Å². The van der Waals surface area contributed by atoms with Crippen molar-refractivity contribution in [3.8, 4) is 0 Å². The van der Waals surface area contributed by atoms with Crippen LogP contribution < -0.4 is 0 Å². The first kappa shape index (κ1) is 13.8. The maximum atomic E-state index is 3.95. The zero-order valence-electron chi connectivity index (χ0n) is 10.9. The van der Waals surface area contributed by atoms with Crippen LogP contribution in [-0.4, -0.2) is 0 Å². The lowest BCUT2D eigenvalue weighted by Crippen LogP contribution is -2.18. The Bertz CT molecular complexity index is 337. The van der Waals surface area contributed by atoms with Crippen LogP contribution in [0.2, 0.25) is 0 Å². The highest BCUT2D eigenvalue weighted by molar-refractivity contribution is 9.09. The van der Waals surface area contributed by atoms with E-state index in [9.17, 15) is 0 Å². The van der Waals surface area contributed by atoms with Crippen molar-refractivity contribution in [3.05, 3.63) is 34.9 Å². The molecule has 0 aliphatic heterocycles. The van der Waals surface area contributed by atoms with Crippen molar-refractivity contribution in [1.29, 1.82) is 0 Å². The van der Waals surface area contributed by atoms with E-state index in [1.54, 1.807) is 5.56 Å². The van der Waals surface area contributed by atoms with E-state index in [4.69, 9.17) is 0 Å². The molecule has 16 heavy (non-hydrogen) atoms. The van der Waals surface area contributed by atoms with Gasteiger partial charge in [-0.3, -0.25) is 0 Å². The van der Waals surface area contributed by atoms with Gasteiger partial charge >= 0.3 is 0 Å². The molecule has 0 radical (unpaired) electrons. The average molecular weight is 283 g/mol. The topological polar surface area (TPSA) is 0 Å². The van der Waals surface area contributed by atoms with E-state index in [-0.39, 0.29) is 4.32 Å². The lowest BCUT2D eigenvalue weighted by Gasteiger charge is -2.28. The molecule has 0 aromatic heterocycles. The van der Waals surface area contributed by atoms with Crippen molar-refractivity contribution >= 4 is 15.9 Å². The van der Waals surface area contributed by atoms with Crippen LogP contribution >= 0.6 is 15.9 Å². The number of halogens is 1. The second-order valence-corrected chi connectivity index (χ2v) is 5.84. The van der Waals surface area contributed by atoms with Crippen molar-refractivity contribution in [2.45, 2.75) is 57.7 Å². The smallest absolute Gasteiger partial charge is 0.0503 e. The minimum Gasteiger partial charge on any atom is -0.0801 e. The largest absolute Gasteiger partial charge is 0.0801 e. The van der Waals surface area contributed by atoms with Crippen molar-refractivity contribution in [2.24, 2.45) is 0 Å². The van der Waals surface area contributed by atoms with Gasteiger partial charge in [0.25, 0.3) is 0 Å². The number of hydrogen-bond acceptors (Lipinski definition) is 0. The second-order valence-electron chi connectivity index (χ2n) is 4.32. The molecule has 1 heteroatoms. The summed E-state index contributed by atoms with van der Waals surface area (Å²) in [6.07, 6.45) is 4.55. The Labute approximate surface area is 109 Å². The molecule has 0 amide bonds. The zero-order chi connectivity index (χ0) is 12.2. The predicted octanol–water partition coefficient (Wildman–Crippen LogP) is 5.22. The molecule has 0 bridgehead atoms. The van der Waals surface area contributed by atoms with E-state index in [0.29, 0.717) is 0 Å². The number of aryl methyl sites for hydroxylation is 1. The van der Waals surface area contributed by atoms with Gasteiger partial charge in [0.1, 0.15) is 0 Å². The Hall–Kier alpha value is -0.300. The van der Waals surface area contributed by atoms with Crippen LogP contribution in [0.3, 0.4) is 0 Å². The normalized spacial score (nSPS) is 11.8. The highest BCUT2D eigenvalue weighted by Crippen LogP contribution is 2.40. The Morgan fingerprint density at radius 3 is 2.06 bits per heavy atom. The van der Waals surface area contributed by atoms with E-state index in [2.05, 4.69) is 61.8 Å². The minimum atomic E-state index is 0.170. The van der Waals surface area contributed by atoms with Gasteiger partial charge < -0.3 is 0 Å². The Morgan fingerprint density at radius 2 is 1.62 bits per heavy atom.